The van der Waals surface area contributed by atoms with E-state index >= 15 is 0 Å². The van der Waals surface area contributed by atoms with Gasteiger partial charge in [0.05, 0.1) is 11.6 Å². The maximum Gasteiger partial charge on any atom is 0.138 e. The number of hydrogen-bond donors (Lipinski definition) is 2. The lowest BCUT2D eigenvalue weighted by Gasteiger charge is -2.36. The van der Waals surface area contributed by atoms with E-state index in [4.69, 9.17) is 32.7 Å². The smallest absolute Gasteiger partial charge is 0.138 e. The Hall–Kier alpha value is -0.520. The Bertz CT molecular complexity index is 436. The summed E-state index contributed by atoms with van der Waals surface area (Å²) in [4.78, 5) is 0. The first-order chi connectivity index (χ1) is 9.65. The molecule has 4 nitrogen and oxygen atoms in total. The molecule has 1 heterocycles. The highest BCUT2D eigenvalue weighted by Gasteiger charge is 2.30. The molecule has 2 N–H and O–H groups in total. The average Bonchev–Trinajstić information content (AvgIpc) is 2.46. The predicted octanol–water partition coefficient (Wildman–Crippen LogP) is 2.50. The quantitative estimate of drug-likeness (QED) is 0.791. The summed E-state index contributed by atoms with van der Waals surface area (Å²) in [5.74, 6) is 0.614. The van der Waals surface area contributed by atoms with Crippen molar-refractivity contribution in [3.63, 3.8) is 0 Å². The van der Waals surface area contributed by atoms with Gasteiger partial charge in [0.2, 0.25) is 0 Å². The number of ether oxygens (including phenoxy) is 2. The van der Waals surface area contributed by atoms with Crippen molar-refractivity contribution in [2.45, 2.75) is 18.4 Å². The third-order valence-electron chi connectivity index (χ3n) is 3.51. The zero-order valence-electron chi connectivity index (χ0n) is 11.2. The van der Waals surface area contributed by atoms with Crippen LogP contribution in [0.2, 0.25) is 10.0 Å². The van der Waals surface area contributed by atoms with Gasteiger partial charge in [-0.05, 0) is 31.0 Å². The zero-order chi connectivity index (χ0) is 14.4. The van der Waals surface area contributed by atoms with Gasteiger partial charge in [0.15, 0.2) is 0 Å². The highest BCUT2D eigenvalue weighted by molar-refractivity contribution is 6.35. The Morgan fingerprint density at radius 1 is 1.30 bits per heavy atom. The first kappa shape index (κ1) is 15.9. The lowest BCUT2D eigenvalue weighted by atomic mass is 9.91. The number of hydrogen-bond acceptors (Lipinski definition) is 4. The predicted molar refractivity (Wildman–Crippen MR) is 79.8 cm³/mol. The summed E-state index contributed by atoms with van der Waals surface area (Å²) in [6, 6.07) is 5.14. The molecule has 0 bridgehead atoms. The van der Waals surface area contributed by atoms with Crippen LogP contribution in [0.1, 0.15) is 12.8 Å². The number of aliphatic hydroxyl groups is 1. The molecule has 112 valence electrons. The largest absolute Gasteiger partial charge is 0.491 e. The molecule has 20 heavy (non-hydrogen) atoms. The Balaban J connectivity index is 1.78. The van der Waals surface area contributed by atoms with Gasteiger partial charge in [-0.25, -0.2) is 0 Å². The number of nitrogens with one attached hydrogen (secondary N) is 1. The van der Waals surface area contributed by atoms with Gasteiger partial charge in [-0.1, -0.05) is 23.2 Å². The van der Waals surface area contributed by atoms with Crippen LogP contribution >= 0.6 is 23.2 Å². The first-order valence-corrected chi connectivity index (χ1v) is 7.42. The van der Waals surface area contributed by atoms with Crippen LogP contribution in [-0.2, 0) is 4.74 Å². The number of rotatable bonds is 6. The van der Waals surface area contributed by atoms with Crippen LogP contribution in [0.4, 0.5) is 0 Å². The summed E-state index contributed by atoms with van der Waals surface area (Å²) in [6.45, 7) is 2.58. The van der Waals surface area contributed by atoms with Crippen molar-refractivity contribution in [2.24, 2.45) is 0 Å². The van der Waals surface area contributed by atoms with Crippen molar-refractivity contribution >= 4 is 23.2 Å². The second-order valence-corrected chi connectivity index (χ2v) is 5.74. The number of benzene rings is 1. The maximum absolute atomic E-state index is 9.54. The van der Waals surface area contributed by atoms with Crippen LogP contribution in [0.25, 0.3) is 0 Å². The molecule has 0 amide bonds. The van der Waals surface area contributed by atoms with Gasteiger partial charge >= 0.3 is 0 Å². The lowest BCUT2D eigenvalue weighted by Crippen LogP contribution is -2.53. The van der Waals surface area contributed by atoms with Crippen molar-refractivity contribution in [3.8, 4) is 5.75 Å². The van der Waals surface area contributed by atoms with Gasteiger partial charge in [-0.2, -0.15) is 0 Å². The summed E-state index contributed by atoms with van der Waals surface area (Å²) >= 11 is 11.9. The summed E-state index contributed by atoms with van der Waals surface area (Å²) in [5.41, 5.74) is -0.245. The van der Waals surface area contributed by atoms with Crippen LogP contribution in [0.15, 0.2) is 18.2 Å². The van der Waals surface area contributed by atoms with Gasteiger partial charge < -0.3 is 19.9 Å². The van der Waals surface area contributed by atoms with Crippen LogP contribution in [0.5, 0.6) is 5.75 Å². The highest BCUT2D eigenvalue weighted by atomic mass is 35.5. The lowest BCUT2D eigenvalue weighted by molar-refractivity contribution is 0.0108. The zero-order valence-corrected chi connectivity index (χ0v) is 12.7. The summed E-state index contributed by atoms with van der Waals surface area (Å²) in [5, 5.41) is 14.0. The Morgan fingerprint density at radius 2 is 2.05 bits per heavy atom. The van der Waals surface area contributed by atoms with E-state index in [0.29, 0.717) is 42.2 Å². The van der Waals surface area contributed by atoms with Crippen molar-refractivity contribution in [1.82, 2.24) is 5.32 Å². The number of halogens is 2. The molecule has 0 atom stereocenters. The molecule has 0 saturated carbocycles. The third-order valence-corrected chi connectivity index (χ3v) is 4.04. The van der Waals surface area contributed by atoms with Gasteiger partial charge in [0, 0.05) is 30.3 Å². The fraction of sp³-hybridized carbons (Fsp3) is 0.571. The van der Waals surface area contributed by atoms with E-state index in [1.165, 1.54) is 0 Å². The van der Waals surface area contributed by atoms with Gasteiger partial charge in [-0.15, -0.1) is 0 Å². The minimum Gasteiger partial charge on any atom is -0.491 e. The molecule has 1 saturated heterocycles. The summed E-state index contributed by atoms with van der Waals surface area (Å²) in [6.07, 6.45) is 1.62. The fourth-order valence-corrected chi connectivity index (χ4v) is 2.69. The second-order valence-electron chi connectivity index (χ2n) is 4.90. The Labute approximate surface area is 129 Å². The minimum absolute atomic E-state index is 0.109. The second kappa shape index (κ2) is 7.48. The molecular weight excluding hydrogens is 301 g/mol. The van der Waals surface area contributed by atoms with Crippen LogP contribution in [0, 0.1) is 0 Å². The van der Waals surface area contributed by atoms with E-state index in [1.54, 1.807) is 18.2 Å². The van der Waals surface area contributed by atoms with Crippen molar-refractivity contribution in [2.75, 3.05) is 33.0 Å². The molecule has 1 fully saturated rings. The molecule has 0 radical (unpaired) electrons. The van der Waals surface area contributed by atoms with E-state index in [0.717, 1.165) is 12.8 Å². The standard InChI is InChI=1S/C14H19Cl2NO3/c15-11-1-2-13(12(16)9-11)20-8-5-17-14(10-18)3-6-19-7-4-14/h1-2,9,17-18H,3-8,10H2. The number of aliphatic hydroxyl groups excluding tert-OH is 1. The SMILES string of the molecule is OCC1(NCCOc2ccc(Cl)cc2Cl)CCOCC1. The van der Waals surface area contributed by atoms with Crippen molar-refractivity contribution < 1.29 is 14.6 Å². The molecule has 1 aromatic rings. The van der Waals surface area contributed by atoms with Crippen LogP contribution in [-0.4, -0.2) is 43.6 Å². The van der Waals surface area contributed by atoms with E-state index in [-0.39, 0.29) is 12.1 Å². The Kier molecular flexibility index (Phi) is 5.93. The topological polar surface area (TPSA) is 50.7 Å². The first-order valence-electron chi connectivity index (χ1n) is 6.67. The fourth-order valence-electron chi connectivity index (χ4n) is 2.22. The molecular formula is C14H19Cl2NO3. The molecule has 1 aliphatic heterocycles. The third kappa shape index (κ3) is 4.24. The molecule has 2 rings (SSSR count). The highest BCUT2D eigenvalue weighted by Crippen LogP contribution is 2.27. The van der Waals surface area contributed by atoms with Crippen LogP contribution < -0.4 is 10.1 Å². The van der Waals surface area contributed by atoms with E-state index in [2.05, 4.69) is 5.32 Å². The van der Waals surface area contributed by atoms with Gasteiger partial charge in [0.1, 0.15) is 12.4 Å². The van der Waals surface area contributed by atoms with Crippen molar-refractivity contribution in [1.29, 1.82) is 0 Å². The van der Waals surface area contributed by atoms with Crippen LogP contribution in [0.3, 0.4) is 0 Å². The monoisotopic (exact) mass is 319 g/mol. The average molecular weight is 320 g/mol. The van der Waals surface area contributed by atoms with Crippen molar-refractivity contribution in [3.05, 3.63) is 28.2 Å². The normalized spacial score (nSPS) is 17.9. The van der Waals surface area contributed by atoms with E-state index in [9.17, 15) is 5.11 Å². The molecule has 0 spiro atoms. The van der Waals surface area contributed by atoms with Gasteiger partial charge in [-0.3, -0.25) is 0 Å². The molecule has 0 aromatic heterocycles. The van der Waals surface area contributed by atoms with E-state index < -0.39 is 0 Å². The minimum atomic E-state index is -0.245. The molecule has 0 aliphatic carbocycles. The maximum atomic E-state index is 9.54. The molecule has 1 aromatic carbocycles. The summed E-state index contributed by atoms with van der Waals surface area (Å²) in [7, 11) is 0. The van der Waals surface area contributed by atoms with E-state index in [1.807, 2.05) is 0 Å². The molecule has 0 unspecified atom stereocenters. The Morgan fingerprint density at radius 3 is 2.70 bits per heavy atom. The summed E-state index contributed by atoms with van der Waals surface area (Å²) < 4.78 is 10.9. The molecule has 6 heteroatoms. The molecule has 1 aliphatic rings. The van der Waals surface area contributed by atoms with Gasteiger partial charge in [0.25, 0.3) is 0 Å².